The molecule has 2 atom stereocenters. The van der Waals surface area contributed by atoms with Crippen molar-refractivity contribution in [2.45, 2.75) is 71.1 Å². The standard InChI is InChI=1S/C26H31I2N5P2/c1-6-25(2,3)21-15-20(32(30-21)34-27)19-14-16-10-7-8-11-17(16)22(29-19)23-18-12-9-13-26(4,5)24(18)31-33(23)35-28/h7-8,10-11,14-15,34-35H,6,9,12-13H2,1-5H3. The summed E-state index contributed by atoms with van der Waals surface area (Å²) < 4.78 is 4.34. The van der Waals surface area contributed by atoms with Gasteiger partial charge in [0.2, 0.25) is 0 Å². The van der Waals surface area contributed by atoms with Crippen molar-refractivity contribution in [1.82, 2.24) is 24.1 Å². The molecular formula is C26H31I2N5P2. The van der Waals surface area contributed by atoms with E-state index in [2.05, 4.69) is 124 Å². The van der Waals surface area contributed by atoms with Crippen LogP contribution in [0, 0.1) is 0 Å². The molecule has 9 heteroatoms. The van der Waals surface area contributed by atoms with Crippen molar-refractivity contribution in [2.75, 3.05) is 0 Å². The maximum Gasteiger partial charge on any atom is 0.0976 e. The van der Waals surface area contributed by atoms with Crippen molar-refractivity contribution in [3.05, 3.63) is 53.3 Å². The van der Waals surface area contributed by atoms with Crippen LogP contribution in [0.25, 0.3) is 33.5 Å². The van der Waals surface area contributed by atoms with E-state index in [0.717, 1.165) is 35.6 Å². The van der Waals surface area contributed by atoms with E-state index in [1.54, 1.807) is 0 Å². The Labute approximate surface area is 237 Å². The number of rotatable bonds is 6. The Bertz CT molecular complexity index is 1410. The Morgan fingerprint density at radius 2 is 1.80 bits per heavy atom. The predicted octanol–water partition coefficient (Wildman–Crippen LogP) is 8.85. The van der Waals surface area contributed by atoms with Gasteiger partial charge in [-0.25, -0.2) is 13.9 Å². The van der Waals surface area contributed by atoms with E-state index in [1.807, 2.05) is 0 Å². The number of nitrogens with zero attached hydrogens (tertiary/aromatic N) is 5. The van der Waals surface area contributed by atoms with Crippen LogP contribution in [0.3, 0.4) is 0 Å². The minimum atomic E-state index is 0.0293. The summed E-state index contributed by atoms with van der Waals surface area (Å²) in [6.07, 6.45) is 5.53. The van der Waals surface area contributed by atoms with E-state index in [0.29, 0.717) is 12.7 Å². The maximum absolute atomic E-state index is 5.39. The summed E-state index contributed by atoms with van der Waals surface area (Å²) >= 11 is 4.88. The first-order valence-electron chi connectivity index (χ1n) is 12.1. The molecule has 0 bridgehead atoms. The van der Waals surface area contributed by atoms with Crippen LogP contribution in [0.15, 0.2) is 36.4 Å². The largest absolute Gasteiger partial charge is 0.244 e. The Hall–Kier alpha value is -0.630. The van der Waals surface area contributed by atoms with Gasteiger partial charge in [-0.1, -0.05) is 58.9 Å². The monoisotopic (exact) mass is 729 g/mol. The second-order valence-electron chi connectivity index (χ2n) is 10.6. The minimum Gasteiger partial charge on any atom is -0.244 e. The molecule has 0 saturated carbocycles. The van der Waals surface area contributed by atoms with Crippen molar-refractivity contribution in [3.63, 3.8) is 0 Å². The molecule has 3 heterocycles. The summed E-state index contributed by atoms with van der Waals surface area (Å²) in [5.41, 5.74) is 8.24. The molecule has 1 aliphatic rings. The third kappa shape index (κ3) is 4.61. The molecule has 1 aliphatic carbocycles. The summed E-state index contributed by atoms with van der Waals surface area (Å²) in [6, 6.07) is 13.1. The van der Waals surface area contributed by atoms with Crippen LogP contribution in [0.2, 0.25) is 0 Å². The Morgan fingerprint density at radius 3 is 2.51 bits per heavy atom. The smallest absolute Gasteiger partial charge is 0.0976 e. The molecule has 184 valence electrons. The highest BCUT2D eigenvalue weighted by Crippen LogP contribution is 2.46. The molecule has 5 rings (SSSR count). The lowest BCUT2D eigenvalue weighted by molar-refractivity contribution is 0.420. The van der Waals surface area contributed by atoms with E-state index in [4.69, 9.17) is 15.2 Å². The molecule has 3 aromatic heterocycles. The SMILES string of the molecule is CCC(C)(C)c1cc(-c2cc3ccccc3c(-c3c4c(nn3PI)C(C)(C)CCC4)n2)n(PI)n1. The molecule has 4 aromatic rings. The van der Waals surface area contributed by atoms with E-state index in [-0.39, 0.29) is 10.8 Å². The average Bonchev–Trinajstić information content (AvgIpc) is 3.46. The molecule has 5 nitrogen and oxygen atoms in total. The Balaban J connectivity index is 1.79. The molecule has 0 spiro atoms. The fraction of sp³-hybridized carbons (Fsp3) is 0.423. The first kappa shape index (κ1) is 26.0. The van der Waals surface area contributed by atoms with Gasteiger partial charge in [-0.3, -0.25) is 0 Å². The zero-order valence-electron chi connectivity index (χ0n) is 20.8. The van der Waals surface area contributed by atoms with Crippen LogP contribution in [-0.4, -0.2) is 24.1 Å². The van der Waals surface area contributed by atoms with Crippen molar-refractivity contribution in [3.8, 4) is 22.8 Å². The summed E-state index contributed by atoms with van der Waals surface area (Å²) in [5.74, 6) is 0. The molecular weight excluding hydrogens is 698 g/mol. The van der Waals surface area contributed by atoms with E-state index < -0.39 is 0 Å². The van der Waals surface area contributed by atoms with Crippen molar-refractivity contribution < 1.29 is 0 Å². The number of halogens is 2. The van der Waals surface area contributed by atoms with Crippen molar-refractivity contribution in [2.24, 2.45) is 0 Å². The number of benzene rings is 1. The maximum atomic E-state index is 5.39. The van der Waals surface area contributed by atoms with E-state index in [1.165, 1.54) is 40.6 Å². The van der Waals surface area contributed by atoms with Gasteiger partial charge in [-0.15, -0.1) is 0 Å². The van der Waals surface area contributed by atoms with Gasteiger partial charge in [0.25, 0.3) is 0 Å². The third-order valence-corrected chi connectivity index (χ3v) is 11.3. The molecule has 0 saturated heterocycles. The molecule has 35 heavy (non-hydrogen) atoms. The van der Waals surface area contributed by atoms with Crippen LogP contribution >= 0.6 is 56.8 Å². The quantitative estimate of drug-likeness (QED) is 0.147. The van der Waals surface area contributed by atoms with Gasteiger partial charge in [0, 0.05) is 21.8 Å². The summed E-state index contributed by atoms with van der Waals surface area (Å²) in [6.45, 7) is 11.4. The molecule has 0 radical (unpaired) electrons. The van der Waals surface area contributed by atoms with Gasteiger partial charge in [-0.2, -0.15) is 10.2 Å². The van der Waals surface area contributed by atoms with Crippen LogP contribution in [-0.2, 0) is 17.3 Å². The summed E-state index contributed by atoms with van der Waals surface area (Å²) in [4.78, 5) is 5.39. The zero-order chi connectivity index (χ0) is 25.0. The number of aromatic nitrogens is 5. The van der Waals surface area contributed by atoms with Crippen LogP contribution < -0.4 is 0 Å². The van der Waals surface area contributed by atoms with E-state index in [9.17, 15) is 0 Å². The molecule has 2 unspecified atom stereocenters. The Morgan fingerprint density at radius 1 is 1.06 bits per heavy atom. The lowest BCUT2D eigenvalue weighted by Gasteiger charge is -2.28. The number of pyridine rings is 1. The predicted molar refractivity (Wildman–Crippen MR) is 169 cm³/mol. The molecule has 0 amide bonds. The van der Waals surface area contributed by atoms with Crippen LogP contribution in [0.1, 0.15) is 70.8 Å². The normalized spacial score (nSPS) is 16.2. The highest BCUT2D eigenvalue weighted by molar-refractivity contribution is 14.2. The highest BCUT2D eigenvalue weighted by Gasteiger charge is 2.35. The van der Waals surface area contributed by atoms with E-state index >= 15 is 0 Å². The summed E-state index contributed by atoms with van der Waals surface area (Å²) in [5, 5.41) is 12.6. The van der Waals surface area contributed by atoms with Gasteiger partial charge in [-0.05, 0) is 87.3 Å². The number of hydrogen-bond acceptors (Lipinski definition) is 3. The van der Waals surface area contributed by atoms with Crippen LogP contribution in [0.5, 0.6) is 0 Å². The topological polar surface area (TPSA) is 48.5 Å². The van der Waals surface area contributed by atoms with Gasteiger partial charge < -0.3 is 0 Å². The van der Waals surface area contributed by atoms with Gasteiger partial charge in [0.05, 0.1) is 46.9 Å². The molecule has 0 fully saturated rings. The average molecular weight is 729 g/mol. The summed E-state index contributed by atoms with van der Waals surface area (Å²) in [7, 11) is 0. The fourth-order valence-corrected chi connectivity index (χ4v) is 8.04. The molecule has 0 N–H and O–H groups in total. The third-order valence-electron chi connectivity index (χ3n) is 7.53. The number of fused-ring (bicyclic) bond motifs is 2. The Kier molecular flexibility index (Phi) is 7.37. The van der Waals surface area contributed by atoms with Crippen molar-refractivity contribution in [1.29, 1.82) is 0 Å². The van der Waals surface area contributed by atoms with Gasteiger partial charge in [0.15, 0.2) is 0 Å². The number of hydrogen-bond donors (Lipinski definition) is 0. The second-order valence-corrected chi connectivity index (χ2v) is 14.7. The second kappa shape index (κ2) is 9.92. The molecule has 1 aromatic carbocycles. The lowest BCUT2D eigenvalue weighted by atomic mass is 9.76. The van der Waals surface area contributed by atoms with Gasteiger partial charge >= 0.3 is 0 Å². The minimum absolute atomic E-state index is 0.0293. The first-order chi connectivity index (χ1) is 16.7. The molecule has 0 aliphatic heterocycles. The lowest BCUT2D eigenvalue weighted by Crippen LogP contribution is -2.23. The highest BCUT2D eigenvalue weighted by atomic mass is 127. The first-order valence-corrected chi connectivity index (χ1v) is 20.2. The van der Waals surface area contributed by atoms with Gasteiger partial charge in [0.1, 0.15) is 0 Å². The fourth-order valence-electron chi connectivity index (χ4n) is 5.01. The zero-order valence-corrected chi connectivity index (χ0v) is 27.1. The van der Waals surface area contributed by atoms with Crippen LogP contribution in [0.4, 0.5) is 0 Å². The van der Waals surface area contributed by atoms with Crippen molar-refractivity contribution >= 4 is 67.6 Å².